The van der Waals surface area contributed by atoms with Crippen LogP contribution >= 0.6 is 0 Å². The SMILES string of the molecule is CC(C)(C)OC(=O)N[C@](C)(Cc1cn(C(=O)OC(C)(C)C)c2ccccc12)C(=O)N[C@@H](N)Cc1cn(C(=O)OC(C)(C)C)c2ccccc12. The molecule has 0 saturated carbocycles. The van der Waals surface area contributed by atoms with Gasteiger partial charge < -0.3 is 30.6 Å². The highest BCUT2D eigenvalue weighted by Crippen LogP contribution is 2.28. The van der Waals surface area contributed by atoms with Gasteiger partial charge in [-0.3, -0.25) is 13.9 Å². The second-order valence-corrected chi connectivity index (χ2v) is 15.5. The van der Waals surface area contributed by atoms with Crippen LogP contribution in [0.25, 0.3) is 21.8 Å². The zero-order chi connectivity index (χ0) is 36.5. The molecule has 12 heteroatoms. The van der Waals surface area contributed by atoms with Crippen LogP contribution in [0.5, 0.6) is 0 Å². The average molecular weight is 676 g/mol. The van der Waals surface area contributed by atoms with E-state index in [2.05, 4.69) is 10.6 Å². The van der Waals surface area contributed by atoms with Crippen LogP contribution in [0.2, 0.25) is 0 Å². The molecule has 4 N–H and O–H groups in total. The van der Waals surface area contributed by atoms with E-state index in [1.165, 1.54) is 9.13 Å². The van der Waals surface area contributed by atoms with Gasteiger partial charge in [-0.25, -0.2) is 14.4 Å². The lowest BCUT2D eigenvalue weighted by atomic mass is 9.91. The van der Waals surface area contributed by atoms with Crippen molar-refractivity contribution < 1.29 is 33.4 Å². The second kappa shape index (κ2) is 13.6. The number of alkyl carbamates (subject to hydrolysis) is 1. The summed E-state index contributed by atoms with van der Waals surface area (Å²) < 4.78 is 19.6. The molecule has 2 heterocycles. The van der Waals surface area contributed by atoms with E-state index in [4.69, 9.17) is 19.9 Å². The van der Waals surface area contributed by atoms with E-state index in [-0.39, 0.29) is 12.8 Å². The monoisotopic (exact) mass is 675 g/mol. The van der Waals surface area contributed by atoms with Gasteiger partial charge in [0.25, 0.3) is 0 Å². The summed E-state index contributed by atoms with van der Waals surface area (Å²) in [4.78, 5) is 53.4. The van der Waals surface area contributed by atoms with Gasteiger partial charge in [0.05, 0.1) is 17.2 Å². The molecule has 2 aromatic heterocycles. The maximum Gasteiger partial charge on any atom is 0.419 e. The van der Waals surface area contributed by atoms with Crippen LogP contribution in [0.15, 0.2) is 60.9 Å². The molecule has 0 aliphatic heterocycles. The summed E-state index contributed by atoms with van der Waals surface area (Å²) in [6.07, 6.45) is 0.618. The maximum atomic E-state index is 14.1. The number of nitrogens with one attached hydrogen (secondary N) is 2. The number of benzene rings is 2. The molecule has 2 aromatic carbocycles. The lowest BCUT2D eigenvalue weighted by molar-refractivity contribution is -0.127. The summed E-state index contributed by atoms with van der Waals surface area (Å²) >= 11 is 0. The van der Waals surface area contributed by atoms with Crippen LogP contribution in [-0.2, 0) is 31.8 Å². The van der Waals surface area contributed by atoms with Gasteiger partial charge in [0.2, 0.25) is 5.91 Å². The predicted octanol–water partition coefficient (Wildman–Crippen LogP) is 6.63. The molecule has 0 unspecified atom stereocenters. The number of para-hydroxylation sites is 2. The predicted molar refractivity (Wildman–Crippen MR) is 188 cm³/mol. The number of rotatable bonds is 7. The normalized spacial score (nSPS) is 14.2. The van der Waals surface area contributed by atoms with E-state index in [1.807, 2.05) is 36.4 Å². The van der Waals surface area contributed by atoms with E-state index in [0.29, 0.717) is 22.0 Å². The van der Waals surface area contributed by atoms with Gasteiger partial charge in [0.15, 0.2) is 0 Å². The molecule has 12 nitrogen and oxygen atoms in total. The molecule has 0 fully saturated rings. The van der Waals surface area contributed by atoms with Crippen LogP contribution in [0, 0.1) is 0 Å². The van der Waals surface area contributed by atoms with Crippen molar-refractivity contribution >= 4 is 46.0 Å². The molecular formula is C37H49N5O7. The van der Waals surface area contributed by atoms with Crippen molar-refractivity contribution in [2.75, 3.05) is 0 Å². The Bertz CT molecular complexity index is 1870. The first-order chi connectivity index (χ1) is 22.6. The number of fused-ring (bicyclic) bond motifs is 2. The minimum absolute atomic E-state index is 0.0148. The van der Waals surface area contributed by atoms with Gasteiger partial charge in [-0.05, 0) is 92.5 Å². The number of carbonyl (C=O) groups is 4. The van der Waals surface area contributed by atoms with Crippen molar-refractivity contribution in [2.45, 2.75) is 111 Å². The number of hydrogen-bond donors (Lipinski definition) is 3. The van der Waals surface area contributed by atoms with Crippen molar-refractivity contribution in [1.29, 1.82) is 0 Å². The quantitative estimate of drug-likeness (QED) is 0.146. The molecule has 0 saturated heterocycles. The minimum atomic E-state index is -1.58. The topological polar surface area (TPSA) is 156 Å². The van der Waals surface area contributed by atoms with Crippen molar-refractivity contribution in [3.05, 3.63) is 72.1 Å². The Morgan fingerprint density at radius 2 is 1.10 bits per heavy atom. The van der Waals surface area contributed by atoms with Gasteiger partial charge in [0.1, 0.15) is 22.3 Å². The van der Waals surface area contributed by atoms with Crippen LogP contribution in [0.3, 0.4) is 0 Å². The van der Waals surface area contributed by atoms with Gasteiger partial charge in [0, 0.05) is 36.0 Å². The molecule has 0 spiro atoms. The van der Waals surface area contributed by atoms with Gasteiger partial charge in [-0.2, -0.15) is 0 Å². The lowest BCUT2D eigenvalue weighted by Crippen LogP contribution is -2.61. The molecule has 0 radical (unpaired) electrons. The van der Waals surface area contributed by atoms with Crippen LogP contribution < -0.4 is 16.4 Å². The maximum absolute atomic E-state index is 14.1. The number of hydrogen-bond acceptors (Lipinski definition) is 8. The lowest BCUT2D eigenvalue weighted by Gasteiger charge is -2.32. The van der Waals surface area contributed by atoms with Gasteiger partial charge >= 0.3 is 18.3 Å². The third-order valence-corrected chi connectivity index (χ3v) is 7.35. The molecule has 49 heavy (non-hydrogen) atoms. The molecule has 2 amide bonds. The van der Waals surface area contributed by atoms with Crippen molar-refractivity contribution in [3.63, 3.8) is 0 Å². The Kier molecular flexibility index (Phi) is 10.3. The van der Waals surface area contributed by atoms with Gasteiger partial charge in [-0.15, -0.1) is 0 Å². The highest BCUT2D eigenvalue weighted by atomic mass is 16.6. The molecule has 264 valence electrons. The Hall–Kier alpha value is -4.84. The van der Waals surface area contributed by atoms with E-state index in [9.17, 15) is 19.2 Å². The van der Waals surface area contributed by atoms with E-state index >= 15 is 0 Å². The number of aromatic nitrogens is 2. The molecule has 0 bridgehead atoms. The standard InChI is InChI=1S/C37H49N5O7/c1-34(2,3)47-31(44)40-37(10,20-24-22-42(33(46)49-36(7,8)9)28-18-14-12-16-26(24)28)30(43)39-29(38)19-23-21-41(32(45)48-35(4,5)6)27-17-13-11-15-25(23)27/h11-18,21-22,29H,19-20,38H2,1-10H3,(H,39,43)(H,40,44)/t29-,37-/m1/s1. The summed E-state index contributed by atoms with van der Waals surface area (Å²) in [6, 6.07) is 14.6. The fourth-order valence-electron chi connectivity index (χ4n) is 5.43. The fourth-order valence-corrected chi connectivity index (χ4v) is 5.43. The van der Waals surface area contributed by atoms with Crippen LogP contribution in [0.4, 0.5) is 14.4 Å². The van der Waals surface area contributed by atoms with Crippen LogP contribution in [-0.4, -0.2) is 61.8 Å². The highest BCUT2D eigenvalue weighted by molar-refractivity contribution is 5.95. The average Bonchev–Trinajstić information content (AvgIpc) is 3.49. The molecular weight excluding hydrogens is 626 g/mol. The van der Waals surface area contributed by atoms with Crippen molar-refractivity contribution in [1.82, 2.24) is 19.8 Å². The zero-order valence-corrected chi connectivity index (χ0v) is 30.1. The molecule has 4 aromatic rings. The number of carbonyl (C=O) groups excluding carboxylic acids is 4. The molecule has 2 atom stereocenters. The van der Waals surface area contributed by atoms with Crippen molar-refractivity contribution in [3.8, 4) is 0 Å². The third-order valence-electron chi connectivity index (χ3n) is 7.35. The minimum Gasteiger partial charge on any atom is -0.444 e. The van der Waals surface area contributed by atoms with Crippen LogP contribution in [0.1, 0.15) is 80.4 Å². The summed E-state index contributed by atoms with van der Waals surface area (Å²) in [7, 11) is 0. The fraction of sp³-hybridized carbons (Fsp3) is 0.459. The number of nitrogens with zero attached hydrogens (tertiary/aromatic N) is 2. The number of ether oxygens (including phenoxy) is 3. The second-order valence-electron chi connectivity index (χ2n) is 15.5. The van der Waals surface area contributed by atoms with Crippen molar-refractivity contribution in [2.24, 2.45) is 5.73 Å². The smallest absolute Gasteiger partial charge is 0.419 e. The first-order valence-corrected chi connectivity index (χ1v) is 16.3. The Morgan fingerprint density at radius 1 is 0.673 bits per heavy atom. The van der Waals surface area contributed by atoms with Gasteiger partial charge in [-0.1, -0.05) is 36.4 Å². The number of amides is 2. The number of nitrogens with two attached hydrogens (primary N) is 1. The summed E-state index contributed by atoms with van der Waals surface area (Å²) in [6.45, 7) is 17.5. The first-order valence-electron chi connectivity index (χ1n) is 16.3. The van der Waals surface area contributed by atoms with E-state index in [0.717, 1.165) is 10.9 Å². The summed E-state index contributed by atoms with van der Waals surface area (Å²) in [5.74, 6) is -0.573. The largest absolute Gasteiger partial charge is 0.444 e. The molecule has 0 aliphatic carbocycles. The molecule has 0 aliphatic rings. The van der Waals surface area contributed by atoms with E-state index < -0.39 is 52.7 Å². The summed E-state index contributed by atoms with van der Waals surface area (Å²) in [5, 5.41) is 7.10. The molecule has 4 rings (SSSR count). The third kappa shape index (κ3) is 9.41. The zero-order valence-electron chi connectivity index (χ0n) is 30.1. The Balaban J connectivity index is 1.65. The first kappa shape index (κ1) is 37.0. The highest BCUT2D eigenvalue weighted by Gasteiger charge is 2.39. The summed E-state index contributed by atoms with van der Waals surface area (Å²) in [5.41, 5.74) is 5.27. The van der Waals surface area contributed by atoms with E-state index in [1.54, 1.807) is 93.8 Å². The Morgan fingerprint density at radius 3 is 1.57 bits per heavy atom. The Labute approximate surface area is 287 Å².